The summed E-state index contributed by atoms with van der Waals surface area (Å²) in [5, 5.41) is 9.72. The number of nitrogens with zero attached hydrogens (tertiary/aromatic N) is 1. The summed E-state index contributed by atoms with van der Waals surface area (Å²) in [7, 11) is 0. The third-order valence-corrected chi connectivity index (χ3v) is 5.71. The first-order valence-electron chi connectivity index (χ1n) is 9.08. The summed E-state index contributed by atoms with van der Waals surface area (Å²) in [6, 6.07) is 9.52. The SMILES string of the molecule is Cc1cc(-c2cc3c(n2-c2ccc(C(=O)O)o2)CCCC3C(F)(F)F)ccc1Cl. The summed E-state index contributed by atoms with van der Waals surface area (Å²) < 4.78 is 48.0. The molecule has 1 N–H and O–H groups in total. The summed E-state index contributed by atoms with van der Waals surface area (Å²) in [5.41, 5.74) is 2.67. The van der Waals surface area contributed by atoms with Crippen LogP contribution >= 0.6 is 11.6 Å². The number of carbonyl (C=O) groups is 1. The van der Waals surface area contributed by atoms with Crippen molar-refractivity contribution in [3.05, 3.63) is 64.0 Å². The number of fused-ring (bicyclic) bond motifs is 1. The molecular formula is C21H17ClF3NO3. The van der Waals surface area contributed by atoms with E-state index in [9.17, 15) is 18.0 Å². The highest BCUT2D eigenvalue weighted by Crippen LogP contribution is 2.46. The molecule has 0 radical (unpaired) electrons. The van der Waals surface area contributed by atoms with E-state index in [0.29, 0.717) is 34.8 Å². The normalized spacial score (nSPS) is 16.7. The van der Waals surface area contributed by atoms with Crippen LogP contribution in [0.5, 0.6) is 0 Å². The van der Waals surface area contributed by atoms with Crippen LogP contribution in [0.15, 0.2) is 40.8 Å². The highest BCUT2D eigenvalue weighted by Gasteiger charge is 2.44. The van der Waals surface area contributed by atoms with E-state index < -0.39 is 18.1 Å². The Hall–Kier alpha value is -2.67. The van der Waals surface area contributed by atoms with Crippen molar-refractivity contribution < 1.29 is 27.5 Å². The van der Waals surface area contributed by atoms with Gasteiger partial charge in [0.05, 0.1) is 11.6 Å². The largest absolute Gasteiger partial charge is 0.475 e. The first kappa shape index (κ1) is 19.6. The van der Waals surface area contributed by atoms with Crippen molar-refractivity contribution in [2.45, 2.75) is 38.3 Å². The molecule has 1 unspecified atom stereocenters. The number of alkyl halides is 3. The molecule has 4 rings (SSSR count). The summed E-state index contributed by atoms with van der Waals surface area (Å²) in [6.45, 7) is 1.81. The fraction of sp³-hybridized carbons (Fsp3) is 0.286. The molecule has 0 amide bonds. The molecule has 29 heavy (non-hydrogen) atoms. The molecule has 1 aliphatic rings. The van der Waals surface area contributed by atoms with Gasteiger partial charge in [0.1, 0.15) is 0 Å². The number of benzene rings is 1. The molecule has 2 heterocycles. The minimum atomic E-state index is -4.36. The zero-order valence-electron chi connectivity index (χ0n) is 15.4. The molecule has 0 bridgehead atoms. The second kappa shape index (κ2) is 6.99. The number of halogens is 4. The topological polar surface area (TPSA) is 55.4 Å². The maximum Gasteiger partial charge on any atom is 0.395 e. The highest BCUT2D eigenvalue weighted by molar-refractivity contribution is 6.31. The van der Waals surface area contributed by atoms with E-state index in [1.807, 2.05) is 6.92 Å². The number of aromatic carboxylic acids is 1. The molecule has 8 heteroatoms. The first-order chi connectivity index (χ1) is 13.7. The molecule has 0 saturated carbocycles. The second-order valence-electron chi connectivity index (χ2n) is 7.16. The summed E-state index contributed by atoms with van der Waals surface area (Å²) in [5.74, 6) is -2.90. The van der Waals surface area contributed by atoms with E-state index in [-0.39, 0.29) is 23.6 Å². The standard InChI is InChI=1S/C21H17ClF3NO3/c1-11-9-12(5-6-15(11)22)17-10-13-14(21(23,24)25)3-2-4-16(13)26(17)19-8-7-18(29-19)20(27)28/h5-10,14H,2-4H2,1H3,(H,27,28). The third kappa shape index (κ3) is 3.44. The monoisotopic (exact) mass is 423 g/mol. The summed E-state index contributed by atoms with van der Waals surface area (Å²) in [4.78, 5) is 11.2. The van der Waals surface area contributed by atoms with Gasteiger partial charge in [-0.3, -0.25) is 4.57 Å². The molecule has 0 fully saturated rings. The van der Waals surface area contributed by atoms with Crippen molar-refractivity contribution in [3.63, 3.8) is 0 Å². The van der Waals surface area contributed by atoms with Gasteiger partial charge in [-0.1, -0.05) is 17.7 Å². The van der Waals surface area contributed by atoms with E-state index in [1.165, 1.54) is 18.2 Å². The Balaban J connectivity index is 1.97. The lowest BCUT2D eigenvalue weighted by atomic mass is 9.86. The molecular weight excluding hydrogens is 407 g/mol. The quantitative estimate of drug-likeness (QED) is 0.531. The summed E-state index contributed by atoms with van der Waals surface area (Å²) >= 11 is 6.11. The van der Waals surface area contributed by atoms with Crippen molar-refractivity contribution in [2.75, 3.05) is 0 Å². The Bertz CT molecular complexity index is 1100. The van der Waals surface area contributed by atoms with Gasteiger partial charge < -0.3 is 9.52 Å². The molecule has 0 saturated heterocycles. The minimum absolute atomic E-state index is 0.0259. The average molecular weight is 424 g/mol. The van der Waals surface area contributed by atoms with Crippen molar-refractivity contribution in [1.29, 1.82) is 0 Å². The molecule has 1 atom stereocenters. The Kier molecular flexibility index (Phi) is 4.73. The Morgan fingerprint density at radius 1 is 1.24 bits per heavy atom. The van der Waals surface area contributed by atoms with E-state index >= 15 is 0 Å². The predicted octanol–water partition coefficient (Wildman–Crippen LogP) is 6.38. The molecule has 3 aromatic rings. The number of aromatic nitrogens is 1. The van der Waals surface area contributed by atoms with Crippen LogP contribution in [0.4, 0.5) is 13.2 Å². The van der Waals surface area contributed by atoms with Crippen LogP contribution in [0, 0.1) is 6.92 Å². The van der Waals surface area contributed by atoms with Crippen LogP contribution in [-0.4, -0.2) is 21.8 Å². The number of hydrogen-bond donors (Lipinski definition) is 1. The lowest BCUT2D eigenvalue weighted by Gasteiger charge is -2.25. The van der Waals surface area contributed by atoms with E-state index in [4.69, 9.17) is 21.1 Å². The van der Waals surface area contributed by atoms with Crippen LogP contribution < -0.4 is 0 Å². The highest BCUT2D eigenvalue weighted by atomic mass is 35.5. The summed E-state index contributed by atoms with van der Waals surface area (Å²) in [6.07, 6.45) is -3.51. The van der Waals surface area contributed by atoms with Gasteiger partial charge in [0.25, 0.3) is 0 Å². The number of furan rings is 1. The van der Waals surface area contributed by atoms with Crippen molar-refractivity contribution >= 4 is 17.6 Å². The fourth-order valence-corrected chi connectivity index (χ4v) is 4.05. The Morgan fingerprint density at radius 2 is 2.00 bits per heavy atom. The predicted molar refractivity (Wildman–Crippen MR) is 102 cm³/mol. The zero-order valence-corrected chi connectivity index (χ0v) is 16.1. The lowest BCUT2D eigenvalue weighted by Crippen LogP contribution is -2.25. The molecule has 0 spiro atoms. The van der Waals surface area contributed by atoms with Gasteiger partial charge in [0.15, 0.2) is 0 Å². The number of carboxylic acids is 1. The molecule has 152 valence electrons. The Labute approximate surface area is 169 Å². The number of rotatable bonds is 3. The van der Waals surface area contributed by atoms with Crippen molar-refractivity contribution in [2.24, 2.45) is 0 Å². The zero-order chi connectivity index (χ0) is 20.9. The van der Waals surface area contributed by atoms with Crippen LogP contribution in [0.1, 0.15) is 46.1 Å². The van der Waals surface area contributed by atoms with Crippen molar-refractivity contribution in [3.8, 4) is 17.1 Å². The van der Waals surface area contributed by atoms with Crippen LogP contribution in [0.3, 0.4) is 0 Å². The van der Waals surface area contributed by atoms with Gasteiger partial charge in [-0.25, -0.2) is 4.79 Å². The Morgan fingerprint density at radius 3 is 2.62 bits per heavy atom. The van der Waals surface area contributed by atoms with Gasteiger partial charge in [-0.2, -0.15) is 13.2 Å². The van der Waals surface area contributed by atoms with Crippen molar-refractivity contribution in [1.82, 2.24) is 4.57 Å². The fourth-order valence-electron chi connectivity index (χ4n) is 3.93. The van der Waals surface area contributed by atoms with Crippen LogP contribution in [-0.2, 0) is 6.42 Å². The van der Waals surface area contributed by atoms with Crippen LogP contribution in [0.2, 0.25) is 5.02 Å². The molecule has 1 aliphatic carbocycles. The second-order valence-corrected chi connectivity index (χ2v) is 7.57. The maximum atomic E-state index is 13.7. The van der Waals surface area contributed by atoms with Crippen LogP contribution in [0.25, 0.3) is 17.1 Å². The molecule has 1 aromatic carbocycles. The van der Waals surface area contributed by atoms with Gasteiger partial charge in [-0.15, -0.1) is 0 Å². The van der Waals surface area contributed by atoms with Gasteiger partial charge >= 0.3 is 12.1 Å². The molecule has 4 nitrogen and oxygen atoms in total. The van der Waals surface area contributed by atoms with E-state index in [0.717, 1.165) is 5.56 Å². The van der Waals surface area contributed by atoms with E-state index in [1.54, 1.807) is 22.8 Å². The molecule has 0 aliphatic heterocycles. The number of aryl methyl sites for hydroxylation is 1. The van der Waals surface area contributed by atoms with Gasteiger partial charge in [0, 0.05) is 16.8 Å². The van der Waals surface area contributed by atoms with Gasteiger partial charge in [-0.05, 0) is 67.1 Å². The first-order valence-corrected chi connectivity index (χ1v) is 9.46. The number of carboxylic acid groups (broad SMARTS) is 1. The smallest absolute Gasteiger partial charge is 0.395 e. The van der Waals surface area contributed by atoms with Gasteiger partial charge in [0.2, 0.25) is 11.6 Å². The maximum absolute atomic E-state index is 13.7. The third-order valence-electron chi connectivity index (χ3n) is 5.29. The lowest BCUT2D eigenvalue weighted by molar-refractivity contribution is -0.153. The minimum Gasteiger partial charge on any atom is -0.475 e. The average Bonchev–Trinajstić information content (AvgIpc) is 3.27. The van der Waals surface area contributed by atoms with E-state index in [2.05, 4.69) is 0 Å². The molecule has 2 aromatic heterocycles. The number of hydrogen-bond acceptors (Lipinski definition) is 2.